The second kappa shape index (κ2) is 3.66. The lowest BCUT2D eigenvalue weighted by atomic mass is 9.97. The topological polar surface area (TPSA) is 32.8 Å². The largest absolute Gasteiger partial charge is 0.396 e. The average molecular weight is 199 g/mol. The minimum absolute atomic E-state index is 0.109. The molecule has 2 unspecified atom stereocenters. The molecule has 3 heteroatoms. The number of epoxide rings is 1. The highest BCUT2D eigenvalue weighted by molar-refractivity contribution is 6.30. The van der Waals surface area contributed by atoms with Gasteiger partial charge in [0.2, 0.25) is 0 Å². The summed E-state index contributed by atoms with van der Waals surface area (Å²) in [6.45, 7) is 0.889. The first-order valence-electron chi connectivity index (χ1n) is 4.29. The predicted octanol–water partition coefficient (Wildman–Crippen LogP) is 1.81. The number of hydrogen-bond acceptors (Lipinski definition) is 2. The van der Waals surface area contributed by atoms with Crippen molar-refractivity contribution in [1.82, 2.24) is 0 Å². The zero-order valence-corrected chi connectivity index (χ0v) is 7.87. The van der Waals surface area contributed by atoms with Gasteiger partial charge < -0.3 is 9.84 Å². The highest BCUT2D eigenvalue weighted by atomic mass is 35.5. The highest BCUT2D eigenvalue weighted by Crippen LogP contribution is 2.29. The molecule has 2 nitrogen and oxygen atoms in total. The van der Waals surface area contributed by atoms with Crippen LogP contribution in [0.2, 0.25) is 5.02 Å². The van der Waals surface area contributed by atoms with Gasteiger partial charge in [-0.25, -0.2) is 0 Å². The maximum absolute atomic E-state index is 9.15. The second-order valence-corrected chi connectivity index (χ2v) is 3.65. The zero-order valence-electron chi connectivity index (χ0n) is 7.11. The van der Waals surface area contributed by atoms with Crippen LogP contribution in [0.4, 0.5) is 0 Å². The Kier molecular flexibility index (Phi) is 2.54. The molecule has 2 atom stereocenters. The Morgan fingerprint density at radius 1 is 1.46 bits per heavy atom. The van der Waals surface area contributed by atoms with Gasteiger partial charge in [-0.2, -0.15) is 0 Å². The summed E-state index contributed by atoms with van der Waals surface area (Å²) in [5.41, 5.74) is 1.09. The average Bonchev–Trinajstić information content (AvgIpc) is 2.93. The van der Waals surface area contributed by atoms with Crippen molar-refractivity contribution in [3.63, 3.8) is 0 Å². The summed E-state index contributed by atoms with van der Waals surface area (Å²) in [5.74, 6) is 0.109. The van der Waals surface area contributed by atoms with Crippen LogP contribution < -0.4 is 0 Å². The lowest BCUT2D eigenvalue weighted by molar-refractivity contribution is 0.236. The van der Waals surface area contributed by atoms with Crippen LogP contribution in [0.25, 0.3) is 0 Å². The maximum atomic E-state index is 9.15. The minimum atomic E-state index is 0.109. The fourth-order valence-corrected chi connectivity index (χ4v) is 1.56. The Morgan fingerprint density at radius 2 is 2.08 bits per heavy atom. The van der Waals surface area contributed by atoms with Crippen molar-refractivity contribution < 1.29 is 9.84 Å². The van der Waals surface area contributed by atoms with Gasteiger partial charge in [0.05, 0.1) is 19.3 Å². The number of benzene rings is 1. The van der Waals surface area contributed by atoms with Gasteiger partial charge in [0, 0.05) is 10.9 Å². The van der Waals surface area contributed by atoms with E-state index in [1.165, 1.54) is 0 Å². The Bertz CT molecular complexity index is 279. The molecule has 1 saturated heterocycles. The SMILES string of the molecule is OCC(c1ccc(Cl)cc1)C1CO1. The van der Waals surface area contributed by atoms with Crippen molar-refractivity contribution in [1.29, 1.82) is 0 Å². The molecule has 0 amide bonds. The summed E-state index contributed by atoms with van der Waals surface area (Å²) < 4.78 is 5.15. The van der Waals surface area contributed by atoms with Gasteiger partial charge in [0.1, 0.15) is 0 Å². The van der Waals surface area contributed by atoms with Gasteiger partial charge in [-0.3, -0.25) is 0 Å². The molecule has 0 aromatic heterocycles. The van der Waals surface area contributed by atoms with Crippen LogP contribution in [0.15, 0.2) is 24.3 Å². The zero-order chi connectivity index (χ0) is 9.26. The van der Waals surface area contributed by atoms with Crippen molar-refractivity contribution in [2.75, 3.05) is 13.2 Å². The van der Waals surface area contributed by atoms with Crippen LogP contribution in [0.5, 0.6) is 0 Å². The number of aliphatic hydroxyl groups excluding tert-OH is 1. The smallest absolute Gasteiger partial charge is 0.0900 e. The standard InChI is InChI=1S/C10H11ClO2/c11-8-3-1-7(2-4-8)9(5-12)10-6-13-10/h1-4,9-10,12H,5-6H2. The molecular formula is C10H11ClO2. The van der Waals surface area contributed by atoms with E-state index in [-0.39, 0.29) is 18.6 Å². The van der Waals surface area contributed by atoms with Crippen molar-refractivity contribution >= 4 is 11.6 Å². The van der Waals surface area contributed by atoms with E-state index >= 15 is 0 Å². The van der Waals surface area contributed by atoms with Gasteiger partial charge >= 0.3 is 0 Å². The molecule has 0 saturated carbocycles. The molecule has 0 spiro atoms. The predicted molar refractivity (Wildman–Crippen MR) is 51.0 cm³/mol. The van der Waals surface area contributed by atoms with E-state index in [0.29, 0.717) is 0 Å². The Labute approximate surface area is 82.1 Å². The number of ether oxygens (including phenoxy) is 1. The van der Waals surface area contributed by atoms with E-state index in [9.17, 15) is 0 Å². The first kappa shape index (κ1) is 9.00. The molecule has 1 aliphatic rings. The molecule has 1 aliphatic heterocycles. The molecule has 70 valence electrons. The molecule has 1 aromatic carbocycles. The van der Waals surface area contributed by atoms with Crippen molar-refractivity contribution in [2.45, 2.75) is 12.0 Å². The number of halogens is 1. The quantitative estimate of drug-likeness (QED) is 0.752. The van der Waals surface area contributed by atoms with Crippen LogP contribution in [0, 0.1) is 0 Å². The number of aliphatic hydroxyl groups is 1. The molecule has 1 fully saturated rings. The Balaban J connectivity index is 2.17. The van der Waals surface area contributed by atoms with Crippen LogP contribution in [-0.2, 0) is 4.74 Å². The third-order valence-electron chi connectivity index (χ3n) is 2.30. The first-order chi connectivity index (χ1) is 6.31. The summed E-state index contributed by atoms with van der Waals surface area (Å²) in [5, 5.41) is 9.87. The molecule has 2 rings (SSSR count). The molecular weight excluding hydrogens is 188 g/mol. The number of hydrogen-bond donors (Lipinski definition) is 1. The molecule has 1 heterocycles. The fraction of sp³-hybridized carbons (Fsp3) is 0.400. The summed E-state index contributed by atoms with van der Waals surface area (Å²) in [4.78, 5) is 0. The van der Waals surface area contributed by atoms with Crippen molar-refractivity contribution in [3.8, 4) is 0 Å². The van der Waals surface area contributed by atoms with Crippen LogP contribution in [-0.4, -0.2) is 24.4 Å². The van der Waals surface area contributed by atoms with Crippen LogP contribution in [0.3, 0.4) is 0 Å². The molecule has 0 bridgehead atoms. The Hall–Kier alpha value is -0.570. The molecule has 1 aromatic rings. The maximum Gasteiger partial charge on any atom is 0.0900 e. The summed E-state index contributed by atoms with van der Waals surface area (Å²) in [7, 11) is 0. The van der Waals surface area contributed by atoms with E-state index in [1.807, 2.05) is 24.3 Å². The lowest BCUT2D eigenvalue weighted by Gasteiger charge is -2.10. The van der Waals surface area contributed by atoms with Crippen molar-refractivity contribution in [2.24, 2.45) is 0 Å². The molecule has 0 radical (unpaired) electrons. The first-order valence-corrected chi connectivity index (χ1v) is 4.67. The lowest BCUT2D eigenvalue weighted by Crippen LogP contribution is -2.10. The van der Waals surface area contributed by atoms with E-state index in [1.54, 1.807) is 0 Å². The molecule has 13 heavy (non-hydrogen) atoms. The summed E-state index contributed by atoms with van der Waals surface area (Å²) in [6, 6.07) is 7.54. The van der Waals surface area contributed by atoms with Crippen molar-refractivity contribution in [3.05, 3.63) is 34.9 Å². The highest BCUT2D eigenvalue weighted by Gasteiger charge is 2.33. The normalized spacial score (nSPS) is 22.8. The number of rotatable bonds is 3. The van der Waals surface area contributed by atoms with E-state index in [4.69, 9.17) is 21.4 Å². The summed E-state index contributed by atoms with van der Waals surface area (Å²) in [6.07, 6.45) is 0.200. The van der Waals surface area contributed by atoms with Gasteiger partial charge in [-0.15, -0.1) is 0 Å². The molecule has 1 N–H and O–H groups in total. The third kappa shape index (κ3) is 2.02. The Morgan fingerprint density at radius 3 is 2.54 bits per heavy atom. The van der Waals surface area contributed by atoms with Gasteiger partial charge in [0.25, 0.3) is 0 Å². The van der Waals surface area contributed by atoms with Gasteiger partial charge in [0.15, 0.2) is 0 Å². The van der Waals surface area contributed by atoms with Crippen LogP contribution in [0.1, 0.15) is 11.5 Å². The summed E-state index contributed by atoms with van der Waals surface area (Å²) >= 11 is 5.76. The van der Waals surface area contributed by atoms with E-state index in [0.717, 1.165) is 17.2 Å². The third-order valence-corrected chi connectivity index (χ3v) is 2.55. The molecule has 0 aliphatic carbocycles. The van der Waals surface area contributed by atoms with Crippen LogP contribution >= 0.6 is 11.6 Å². The van der Waals surface area contributed by atoms with Gasteiger partial charge in [-0.05, 0) is 17.7 Å². The monoisotopic (exact) mass is 198 g/mol. The fourth-order valence-electron chi connectivity index (χ4n) is 1.44. The van der Waals surface area contributed by atoms with E-state index < -0.39 is 0 Å². The minimum Gasteiger partial charge on any atom is -0.396 e. The van der Waals surface area contributed by atoms with Gasteiger partial charge in [-0.1, -0.05) is 23.7 Å². The van der Waals surface area contributed by atoms with E-state index in [2.05, 4.69) is 0 Å². The second-order valence-electron chi connectivity index (χ2n) is 3.21.